The molecule has 7 nitrogen and oxygen atoms in total. The van der Waals surface area contributed by atoms with Crippen molar-refractivity contribution in [3.05, 3.63) is 71.5 Å². The van der Waals surface area contributed by atoms with Crippen LogP contribution in [0.5, 0.6) is 5.75 Å². The van der Waals surface area contributed by atoms with Gasteiger partial charge in [0.2, 0.25) is 0 Å². The predicted molar refractivity (Wildman–Crippen MR) is 114 cm³/mol. The van der Waals surface area contributed by atoms with Crippen LogP contribution in [-0.2, 0) is 4.79 Å². The molecule has 2 bridgehead atoms. The number of hydrogen-bond acceptors (Lipinski definition) is 5. The van der Waals surface area contributed by atoms with E-state index in [4.69, 9.17) is 20.8 Å². The zero-order valence-electron chi connectivity index (χ0n) is 16.9. The molecule has 0 spiro atoms. The van der Waals surface area contributed by atoms with E-state index in [1.165, 1.54) is 12.1 Å². The molecule has 0 unspecified atom stereocenters. The first-order valence-corrected chi connectivity index (χ1v) is 10.4. The number of furan rings is 1. The lowest BCUT2D eigenvalue weighted by Crippen LogP contribution is -2.84. The van der Waals surface area contributed by atoms with Crippen LogP contribution in [0.3, 0.4) is 0 Å². The topological polar surface area (TPSA) is 93.5 Å². The highest BCUT2D eigenvalue weighted by Gasteiger charge is 2.69. The quantitative estimate of drug-likeness (QED) is 0.566. The molecule has 2 N–H and O–H groups in total. The van der Waals surface area contributed by atoms with Gasteiger partial charge in [-0.1, -0.05) is 11.6 Å². The van der Waals surface area contributed by atoms with Gasteiger partial charge in [0.15, 0.2) is 6.61 Å². The highest BCUT2D eigenvalue weighted by Crippen LogP contribution is 2.60. The lowest BCUT2D eigenvalue weighted by atomic mass is 9.44. The van der Waals surface area contributed by atoms with E-state index >= 15 is 0 Å². The second-order valence-electron chi connectivity index (χ2n) is 8.37. The maximum Gasteiger partial charge on any atom is 0.270 e. The van der Waals surface area contributed by atoms with Gasteiger partial charge >= 0.3 is 0 Å². The Labute approximate surface area is 187 Å². The van der Waals surface area contributed by atoms with Gasteiger partial charge in [0.05, 0.1) is 11.3 Å². The molecule has 0 radical (unpaired) electrons. The number of amides is 2. The van der Waals surface area contributed by atoms with Crippen LogP contribution in [0, 0.1) is 5.82 Å². The Kier molecular flexibility index (Phi) is 4.89. The minimum atomic E-state index is -0.605. The van der Waals surface area contributed by atoms with E-state index in [0.717, 1.165) is 11.6 Å². The molecular weight excluding hydrogens is 437 g/mol. The summed E-state index contributed by atoms with van der Waals surface area (Å²) in [6.45, 7) is -0.228. The molecule has 32 heavy (non-hydrogen) atoms. The van der Waals surface area contributed by atoms with E-state index in [-0.39, 0.29) is 40.3 Å². The average Bonchev–Trinajstić information content (AvgIpc) is 3.27. The molecule has 2 amide bonds. The van der Waals surface area contributed by atoms with Crippen LogP contribution in [-0.4, -0.2) is 34.5 Å². The van der Waals surface area contributed by atoms with Crippen molar-refractivity contribution in [1.82, 2.24) is 15.6 Å². The molecule has 2 heterocycles. The summed E-state index contributed by atoms with van der Waals surface area (Å²) in [6, 6.07) is 11.1. The largest absolute Gasteiger partial charge is 0.484 e. The summed E-state index contributed by atoms with van der Waals surface area (Å²) >= 11 is 5.63. The number of halogens is 2. The van der Waals surface area contributed by atoms with Gasteiger partial charge in [0.1, 0.15) is 23.0 Å². The Hall–Kier alpha value is -3.39. The van der Waals surface area contributed by atoms with Crippen LogP contribution in [0.2, 0.25) is 5.02 Å². The molecule has 1 aromatic carbocycles. The number of nitrogens with one attached hydrogen (secondary N) is 2. The van der Waals surface area contributed by atoms with Crippen molar-refractivity contribution in [2.24, 2.45) is 0 Å². The van der Waals surface area contributed by atoms with Gasteiger partial charge in [-0.3, -0.25) is 14.6 Å². The predicted octanol–water partition coefficient (Wildman–Crippen LogP) is 3.73. The normalized spacial score (nSPS) is 22.9. The molecule has 6 rings (SSSR count). The molecular formula is C23H19ClFN3O4. The van der Waals surface area contributed by atoms with Crippen LogP contribution in [0.15, 0.2) is 59.3 Å². The monoisotopic (exact) mass is 455 g/mol. The summed E-state index contributed by atoms with van der Waals surface area (Å²) in [4.78, 5) is 29.0. The number of rotatable bonds is 7. The number of ether oxygens (including phenoxy) is 1. The standard InChI is InChI=1S/C23H19ClFN3O4/c24-16-5-4-15(8-17(16)25)32-10-20(29)27-22-11-23(12-22,13-22)28-21(30)18-6-3-14(9-26-18)19-2-1-7-31-19/h1-9H,10-13H2,(H,27,29)(H,28,30). The first-order valence-electron chi connectivity index (χ1n) is 10.1. The Morgan fingerprint density at radius 3 is 2.56 bits per heavy atom. The van der Waals surface area contributed by atoms with Crippen molar-refractivity contribution in [2.45, 2.75) is 30.3 Å². The summed E-state index contributed by atoms with van der Waals surface area (Å²) in [5, 5.41) is 5.98. The summed E-state index contributed by atoms with van der Waals surface area (Å²) in [5.41, 5.74) is 0.482. The van der Waals surface area contributed by atoms with E-state index < -0.39 is 5.82 Å². The number of carbonyl (C=O) groups excluding carboxylic acids is 2. The minimum Gasteiger partial charge on any atom is -0.484 e. The lowest BCUT2D eigenvalue weighted by Gasteiger charge is -2.70. The summed E-state index contributed by atoms with van der Waals surface area (Å²) in [6.07, 6.45) is 5.13. The Morgan fingerprint density at radius 2 is 1.91 bits per heavy atom. The highest BCUT2D eigenvalue weighted by atomic mass is 35.5. The van der Waals surface area contributed by atoms with Gasteiger partial charge < -0.3 is 19.8 Å². The molecule has 164 valence electrons. The minimum absolute atomic E-state index is 0.00770. The van der Waals surface area contributed by atoms with E-state index in [0.29, 0.717) is 30.7 Å². The van der Waals surface area contributed by atoms with Crippen LogP contribution in [0.1, 0.15) is 29.8 Å². The third-order valence-electron chi connectivity index (χ3n) is 5.88. The molecule has 2 aromatic heterocycles. The van der Waals surface area contributed by atoms with Crippen molar-refractivity contribution in [1.29, 1.82) is 0 Å². The van der Waals surface area contributed by atoms with Gasteiger partial charge in [0, 0.05) is 28.9 Å². The first kappa shape index (κ1) is 20.5. The number of carbonyl (C=O) groups is 2. The second-order valence-corrected chi connectivity index (χ2v) is 8.77. The number of benzene rings is 1. The molecule has 3 fully saturated rings. The first-order chi connectivity index (χ1) is 15.4. The van der Waals surface area contributed by atoms with Crippen molar-refractivity contribution in [3.8, 4) is 17.1 Å². The molecule has 3 aromatic rings. The molecule has 0 atom stereocenters. The Balaban J connectivity index is 1.09. The van der Waals surface area contributed by atoms with Gasteiger partial charge in [-0.05, 0) is 55.7 Å². The van der Waals surface area contributed by atoms with Crippen molar-refractivity contribution in [3.63, 3.8) is 0 Å². The molecule has 3 aliphatic rings. The molecule has 3 saturated carbocycles. The van der Waals surface area contributed by atoms with Crippen LogP contribution in [0.25, 0.3) is 11.3 Å². The van der Waals surface area contributed by atoms with Crippen LogP contribution >= 0.6 is 11.6 Å². The van der Waals surface area contributed by atoms with Crippen LogP contribution in [0.4, 0.5) is 4.39 Å². The van der Waals surface area contributed by atoms with E-state index in [1.54, 1.807) is 30.7 Å². The third-order valence-corrected chi connectivity index (χ3v) is 6.18. The summed E-state index contributed by atoms with van der Waals surface area (Å²) in [7, 11) is 0. The lowest BCUT2D eigenvalue weighted by molar-refractivity contribution is -0.141. The van der Waals surface area contributed by atoms with E-state index in [2.05, 4.69) is 15.6 Å². The summed E-state index contributed by atoms with van der Waals surface area (Å²) in [5.74, 6) is -0.230. The zero-order valence-corrected chi connectivity index (χ0v) is 17.6. The fourth-order valence-electron chi connectivity index (χ4n) is 4.52. The van der Waals surface area contributed by atoms with Gasteiger partial charge in [0.25, 0.3) is 11.8 Å². The molecule has 3 aliphatic carbocycles. The molecule has 9 heteroatoms. The number of aromatic nitrogens is 1. The average molecular weight is 456 g/mol. The Bertz CT molecular complexity index is 1160. The van der Waals surface area contributed by atoms with Crippen LogP contribution < -0.4 is 15.4 Å². The smallest absolute Gasteiger partial charge is 0.270 e. The van der Waals surface area contributed by atoms with Crippen molar-refractivity contribution in [2.75, 3.05) is 6.61 Å². The zero-order chi connectivity index (χ0) is 22.3. The molecule has 0 aliphatic heterocycles. The second kappa shape index (κ2) is 7.63. The third kappa shape index (κ3) is 3.82. The van der Waals surface area contributed by atoms with Crippen molar-refractivity contribution >= 4 is 23.4 Å². The fraction of sp³-hybridized carbons (Fsp3) is 0.261. The fourth-order valence-corrected chi connectivity index (χ4v) is 4.64. The van der Waals surface area contributed by atoms with E-state index in [9.17, 15) is 14.0 Å². The SMILES string of the molecule is O=C(COc1ccc(Cl)c(F)c1)NC12CC(NC(=O)c3ccc(-c4ccco4)cn3)(C1)C2. The van der Waals surface area contributed by atoms with Gasteiger partial charge in [-0.2, -0.15) is 0 Å². The Morgan fingerprint density at radius 1 is 1.12 bits per heavy atom. The number of pyridine rings is 1. The molecule has 0 saturated heterocycles. The van der Waals surface area contributed by atoms with E-state index in [1.807, 2.05) is 6.07 Å². The summed E-state index contributed by atoms with van der Waals surface area (Å²) < 4.78 is 24.1. The highest BCUT2D eigenvalue weighted by molar-refractivity contribution is 6.30. The maximum atomic E-state index is 13.4. The number of nitrogens with zero attached hydrogens (tertiary/aromatic N) is 1. The maximum absolute atomic E-state index is 13.4. The van der Waals surface area contributed by atoms with Gasteiger partial charge in [-0.25, -0.2) is 4.39 Å². The van der Waals surface area contributed by atoms with Crippen molar-refractivity contribution < 1.29 is 23.1 Å². The van der Waals surface area contributed by atoms with Gasteiger partial charge in [-0.15, -0.1) is 0 Å². The number of hydrogen-bond donors (Lipinski definition) is 2.